The van der Waals surface area contributed by atoms with Gasteiger partial charge in [-0.3, -0.25) is 4.79 Å². The van der Waals surface area contributed by atoms with Crippen LogP contribution in [0.4, 0.5) is 10.1 Å². The number of rotatable bonds is 3. The molecule has 1 heterocycles. The lowest BCUT2D eigenvalue weighted by Crippen LogP contribution is -2.12. The number of fused-ring (bicyclic) bond motifs is 1. The maximum absolute atomic E-state index is 13.4. The van der Waals surface area contributed by atoms with Gasteiger partial charge in [0.2, 0.25) is 11.8 Å². The Morgan fingerprint density at radius 2 is 2.09 bits per heavy atom. The van der Waals surface area contributed by atoms with E-state index >= 15 is 0 Å². The van der Waals surface area contributed by atoms with Crippen molar-refractivity contribution in [2.24, 2.45) is 5.92 Å². The fourth-order valence-corrected chi connectivity index (χ4v) is 2.79. The van der Waals surface area contributed by atoms with Crippen LogP contribution in [-0.4, -0.2) is 10.9 Å². The number of oxazole rings is 1. The summed E-state index contributed by atoms with van der Waals surface area (Å²) >= 11 is 3.37. The second kappa shape index (κ2) is 5.45. The molecule has 1 aromatic heterocycles. The van der Waals surface area contributed by atoms with Crippen molar-refractivity contribution in [3.8, 4) is 11.5 Å². The fraction of sp³-hybridized carbons (Fsp3) is 0.176. The van der Waals surface area contributed by atoms with Crippen LogP contribution in [0.5, 0.6) is 0 Å². The Morgan fingerprint density at radius 1 is 1.26 bits per heavy atom. The van der Waals surface area contributed by atoms with Crippen LogP contribution >= 0.6 is 15.9 Å². The molecule has 1 aliphatic rings. The third-order valence-corrected chi connectivity index (χ3v) is 4.45. The fourth-order valence-electron chi connectivity index (χ4n) is 2.37. The lowest BCUT2D eigenvalue weighted by molar-refractivity contribution is -0.117. The van der Waals surface area contributed by atoms with E-state index in [1.165, 1.54) is 12.1 Å². The molecule has 0 aliphatic heterocycles. The molecule has 1 amide bonds. The van der Waals surface area contributed by atoms with Crippen molar-refractivity contribution in [2.75, 3.05) is 5.32 Å². The van der Waals surface area contributed by atoms with E-state index in [4.69, 9.17) is 4.42 Å². The molecule has 1 N–H and O–H groups in total. The van der Waals surface area contributed by atoms with Gasteiger partial charge >= 0.3 is 0 Å². The van der Waals surface area contributed by atoms with Gasteiger partial charge in [0.25, 0.3) is 0 Å². The van der Waals surface area contributed by atoms with Gasteiger partial charge in [-0.2, -0.15) is 0 Å². The number of hydrogen-bond acceptors (Lipinski definition) is 3. The molecule has 6 heteroatoms. The van der Waals surface area contributed by atoms with Gasteiger partial charge in [-0.25, -0.2) is 9.37 Å². The van der Waals surface area contributed by atoms with Gasteiger partial charge in [0.15, 0.2) is 5.58 Å². The predicted molar refractivity (Wildman–Crippen MR) is 88.5 cm³/mol. The van der Waals surface area contributed by atoms with Gasteiger partial charge in [-0.05, 0) is 65.2 Å². The maximum atomic E-state index is 13.4. The smallest absolute Gasteiger partial charge is 0.228 e. The van der Waals surface area contributed by atoms with Crippen molar-refractivity contribution in [2.45, 2.75) is 12.8 Å². The summed E-state index contributed by atoms with van der Waals surface area (Å²) in [5, 5.41) is 2.88. The number of halogens is 2. The number of carbonyl (C=O) groups is 1. The van der Waals surface area contributed by atoms with Gasteiger partial charge in [-0.1, -0.05) is 0 Å². The lowest BCUT2D eigenvalue weighted by Gasteiger charge is -2.02. The van der Waals surface area contributed by atoms with Crippen molar-refractivity contribution in [1.29, 1.82) is 0 Å². The lowest BCUT2D eigenvalue weighted by atomic mass is 10.2. The minimum Gasteiger partial charge on any atom is -0.436 e. The molecule has 0 radical (unpaired) electrons. The first-order valence-electron chi connectivity index (χ1n) is 7.27. The SMILES string of the molecule is O=C(Nc1ccc2oc(-c3cc(F)ccc3Br)nc2c1)C1CC1. The number of carbonyl (C=O) groups excluding carboxylic acids is 1. The minimum atomic E-state index is -0.358. The van der Waals surface area contributed by atoms with Crippen LogP contribution in [0.25, 0.3) is 22.6 Å². The maximum Gasteiger partial charge on any atom is 0.228 e. The Hall–Kier alpha value is -2.21. The van der Waals surface area contributed by atoms with Crippen molar-refractivity contribution in [3.63, 3.8) is 0 Å². The molecular formula is C17H12BrFN2O2. The summed E-state index contributed by atoms with van der Waals surface area (Å²) in [6.07, 6.45) is 1.91. The zero-order valence-electron chi connectivity index (χ0n) is 12.0. The molecule has 0 atom stereocenters. The number of nitrogens with zero attached hydrogens (tertiary/aromatic N) is 1. The van der Waals surface area contributed by atoms with Crippen molar-refractivity contribution in [3.05, 3.63) is 46.7 Å². The normalized spacial score (nSPS) is 14.2. The molecule has 0 bridgehead atoms. The first kappa shape index (κ1) is 14.4. The molecule has 4 rings (SSSR count). The number of anilines is 1. The molecule has 1 fully saturated rings. The summed E-state index contributed by atoms with van der Waals surface area (Å²) in [6, 6.07) is 9.63. The highest BCUT2D eigenvalue weighted by Crippen LogP contribution is 2.33. The summed E-state index contributed by atoms with van der Waals surface area (Å²) in [5.41, 5.74) is 2.43. The first-order valence-corrected chi connectivity index (χ1v) is 8.06. The quantitative estimate of drug-likeness (QED) is 0.719. The van der Waals surface area contributed by atoms with Crippen LogP contribution in [-0.2, 0) is 4.79 Å². The zero-order chi connectivity index (χ0) is 16.0. The first-order chi connectivity index (χ1) is 11.1. The molecule has 1 saturated carbocycles. The molecule has 0 unspecified atom stereocenters. The molecule has 3 aromatic rings. The Morgan fingerprint density at radius 3 is 2.87 bits per heavy atom. The van der Waals surface area contributed by atoms with E-state index in [1.807, 2.05) is 0 Å². The molecule has 2 aromatic carbocycles. The molecule has 1 aliphatic carbocycles. The summed E-state index contributed by atoms with van der Waals surface area (Å²) in [4.78, 5) is 16.2. The van der Waals surface area contributed by atoms with E-state index in [2.05, 4.69) is 26.2 Å². The molecule has 0 saturated heterocycles. The number of aromatic nitrogens is 1. The van der Waals surface area contributed by atoms with Crippen molar-refractivity contribution in [1.82, 2.24) is 4.98 Å². The summed E-state index contributed by atoms with van der Waals surface area (Å²) in [5.74, 6) is 0.155. The van der Waals surface area contributed by atoms with Crippen LogP contribution < -0.4 is 5.32 Å². The van der Waals surface area contributed by atoms with Crippen LogP contribution in [0.2, 0.25) is 0 Å². The highest BCUT2D eigenvalue weighted by atomic mass is 79.9. The van der Waals surface area contributed by atoms with Crippen LogP contribution in [0.1, 0.15) is 12.8 Å². The van der Waals surface area contributed by atoms with E-state index in [0.29, 0.717) is 32.7 Å². The van der Waals surface area contributed by atoms with Gasteiger partial charge in [0.05, 0.1) is 5.56 Å². The Bertz CT molecular complexity index is 918. The highest BCUT2D eigenvalue weighted by Gasteiger charge is 2.29. The largest absolute Gasteiger partial charge is 0.436 e. The Labute approximate surface area is 139 Å². The van der Waals surface area contributed by atoms with E-state index in [1.54, 1.807) is 24.3 Å². The van der Waals surface area contributed by atoms with E-state index in [9.17, 15) is 9.18 Å². The number of amides is 1. The second-order valence-corrected chi connectivity index (χ2v) is 6.44. The average molecular weight is 375 g/mol. The summed E-state index contributed by atoms with van der Waals surface area (Å²) in [6.45, 7) is 0. The Balaban J connectivity index is 1.70. The average Bonchev–Trinajstić information content (AvgIpc) is 3.29. The standard InChI is InChI=1S/C17H12BrFN2O2/c18-13-5-3-10(19)7-12(13)17-21-14-8-11(4-6-15(14)23-17)20-16(22)9-1-2-9/h3-9H,1-2H2,(H,20,22). The van der Waals surface area contributed by atoms with Gasteiger partial charge in [-0.15, -0.1) is 0 Å². The topological polar surface area (TPSA) is 55.1 Å². The van der Waals surface area contributed by atoms with E-state index in [-0.39, 0.29) is 17.6 Å². The summed E-state index contributed by atoms with van der Waals surface area (Å²) < 4.78 is 19.8. The molecule has 116 valence electrons. The van der Waals surface area contributed by atoms with Crippen molar-refractivity contribution < 1.29 is 13.6 Å². The zero-order valence-corrected chi connectivity index (χ0v) is 13.6. The van der Waals surface area contributed by atoms with Crippen LogP contribution in [0.3, 0.4) is 0 Å². The number of hydrogen-bond donors (Lipinski definition) is 1. The Kier molecular flexibility index (Phi) is 3.41. The van der Waals surface area contributed by atoms with Crippen LogP contribution in [0, 0.1) is 11.7 Å². The second-order valence-electron chi connectivity index (χ2n) is 5.59. The van der Waals surface area contributed by atoms with Crippen molar-refractivity contribution >= 4 is 38.6 Å². The minimum absolute atomic E-state index is 0.0425. The summed E-state index contributed by atoms with van der Waals surface area (Å²) in [7, 11) is 0. The number of benzene rings is 2. The highest BCUT2D eigenvalue weighted by molar-refractivity contribution is 9.10. The number of nitrogens with one attached hydrogen (secondary N) is 1. The van der Waals surface area contributed by atoms with Gasteiger partial charge in [0.1, 0.15) is 11.3 Å². The van der Waals surface area contributed by atoms with Gasteiger partial charge < -0.3 is 9.73 Å². The predicted octanol–water partition coefficient (Wildman–Crippen LogP) is 4.74. The monoisotopic (exact) mass is 374 g/mol. The molecular weight excluding hydrogens is 363 g/mol. The molecule has 0 spiro atoms. The third kappa shape index (κ3) is 2.86. The van der Waals surface area contributed by atoms with E-state index < -0.39 is 0 Å². The molecule has 23 heavy (non-hydrogen) atoms. The molecule has 4 nitrogen and oxygen atoms in total. The van der Waals surface area contributed by atoms with Crippen LogP contribution in [0.15, 0.2) is 45.3 Å². The van der Waals surface area contributed by atoms with Gasteiger partial charge in [0, 0.05) is 16.1 Å². The third-order valence-electron chi connectivity index (χ3n) is 3.76. The van der Waals surface area contributed by atoms with E-state index in [0.717, 1.165) is 12.8 Å².